The van der Waals surface area contributed by atoms with Crippen molar-refractivity contribution in [2.75, 3.05) is 0 Å². The Kier molecular flexibility index (Phi) is 537. The molecule has 0 amide bonds. The summed E-state index contributed by atoms with van der Waals surface area (Å²) in [6.07, 6.45) is -1.83. The predicted octanol–water partition coefficient (Wildman–Crippen LogP) is -4.05. The van der Waals surface area contributed by atoms with Gasteiger partial charge in [0.2, 0.25) is 0 Å². The molecular formula is CH18K2N2O7. The Hall–Kier alpha value is 2.30. The van der Waals surface area contributed by atoms with Gasteiger partial charge in [-0.05, 0) is 0 Å². The van der Waals surface area contributed by atoms with Crippen molar-refractivity contribution in [1.82, 2.24) is 12.3 Å². The Morgan fingerprint density at radius 2 is 0.750 bits per heavy atom. The molecule has 12 heavy (non-hydrogen) atoms. The molecule has 0 unspecified atom stereocenters. The van der Waals surface area contributed by atoms with Crippen molar-refractivity contribution in [3.8, 4) is 0 Å². The molecule has 76 valence electrons. The third-order valence-corrected chi connectivity index (χ3v) is 0. The summed E-state index contributed by atoms with van der Waals surface area (Å²) in [4.78, 5) is 8.56. The molecule has 0 aromatic rings. The maximum atomic E-state index is 8.56. The topological polar surface area (TPSA) is 254 Å². The second-order valence-corrected chi connectivity index (χ2v) is 0.283. The van der Waals surface area contributed by atoms with E-state index >= 15 is 0 Å². The van der Waals surface area contributed by atoms with Gasteiger partial charge in [0.05, 0.1) is 0 Å². The van der Waals surface area contributed by atoms with Gasteiger partial charge in [0.25, 0.3) is 0 Å². The minimum absolute atomic E-state index is 0. The first-order valence-corrected chi connectivity index (χ1v) is 0.651. The molecule has 16 N–H and O–H groups in total. The summed E-state index contributed by atoms with van der Waals surface area (Å²) in [5.74, 6) is 0. The molecule has 0 spiro atoms. The average molecular weight is 248 g/mol. The van der Waals surface area contributed by atoms with E-state index in [1.165, 1.54) is 0 Å². The van der Waals surface area contributed by atoms with Gasteiger partial charge in [-0.1, -0.05) is 0 Å². The standard InChI is InChI=1S/CH2O3.2K.2H3N.4H2O.2H/c2-1(3)4;;;;;;;;;;/h(H2,2,3,4);;;2*1H3;4*1H2;;. The normalized spacial score (nSPS) is 2.00. The molecule has 0 aliphatic rings. The monoisotopic (exact) mass is 248 g/mol. The van der Waals surface area contributed by atoms with Crippen molar-refractivity contribution in [3.05, 3.63) is 0 Å². The van der Waals surface area contributed by atoms with E-state index < -0.39 is 6.16 Å². The van der Waals surface area contributed by atoms with Crippen LogP contribution >= 0.6 is 0 Å². The van der Waals surface area contributed by atoms with Crippen LogP contribution in [0.2, 0.25) is 0 Å². The van der Waals surface area contributed by atoms with Crippen molar-refractivity contribution in [2.45, 2.75) is 0 Å². The quantitative estimate of drug-likeness (QED) is 0.311. The number of carboxylic acid groups (broad SMARTS) is 2. The van der Waals surface area contributed by atoms with E-state index in [1.54, 1.807) is 0 Å². The minimum atomic E-state index is -1.83. The molecular weight excluding hydrogens is 230 g/mol. The number of carbonyl (C=O) groups is 1. The van der Waals surface area contributed by atoms with Crippen LogP contribution in [0.4, 0.5) is 4.79 Å². The summed E-state index contributed by atoms with van der Waals surface area (Å²) in [6, 6.07) is 0. The maximum absolute atomic E-state index is 8.56. The van der Waals surface area contributed by atoms with E-state index in [0.717, 1.165) is 0 Å². The van der Waals surface area contributed by atoms with Gasteiger partial charge in [-0.2, -0.15) is 0 Å². The fourth-order valence-corrected chi connectivity index (χ4v) is 0. The van der Waals surface area contributed by atoms with Crippen LogP contribution in [-0.4, -0.2) is 141 Å². The van der Waals surface area contributed by atoms with Gasteiger partial charge in [-0.3, -0.25) is 0 Å². The molecule has 0 bridgehead atoms. The van der Waals surface area contributed by atoms with Crippen molar-refractivity contribution in [3.63, 3.8) is 0 Å². The van der Waals surface area contributed by atoms with Crippen LogP contribution in [0.1, 0.15) is 0 Å². The number of hydrogen-bond donors (Lipinski definition) is 4. The SMILES string of the molecule is N.N.O.O.O.O.O=C(O)O.[KH].[KH]. The molecule has 0 atom stereocenters. The van der Waals surface area contributed by atoms with Crippen LogP contribution in [0.3, 0.4) is 0 Å². The molecule has 0 saturated heterocycles. The Labute approximate surface area is 155 Å². The van der Waals surface area contributed by atoms with E-state index in [9.17, 15) is 0 Å². The van der Waals surface area contributed by atoms with E-state index in [1.807, 2.05) is 0 Å². The van der Waals surface area contributed by atoms with Crippen LogP contribution in [0.25, 0.3) is 0 Å². The van der Waals surface area contributed by atoms with Crippen molar-refractivity contribution < 1.29 is 36.9 Å². The van der Waals surface area contributed by atoms with Gasteiger partial charge in [-0.15, -0.1) is 0 Å². The molecule has 0 heterocycles. The summed E-state index contributed by atoms with van der Waals surface area (Å²) in [5.41, 5.74) is 0. The first-order valence-electron chi connectivity index (χ1n) is 0.651. The van der Waals surface area contributed by atoms with E-state index in [0.29, 0.717) is 0 Å². The Bertz CT molecular complexity index is 42.4. The molecule has 0 aliphatic carbocycles. The predicted molar refractivity (Wildman–Crippen MR) is 49.5 cm³/mol. The summed E-state index contributed by atoms with van der Waals surface area (Å²) >= 11 is 0. The number of rotatable bonds is 0. The van der Waals surface area contributed by atoms with Crippen LogP contribution in [0.15, 0.2) is 0 Å². The Balaban J connectivity index is -0.00000000161. The summed E-state index contributed by atoms with van der Waals surface area (Å²) < 4.78 is 0. The van der Waals surface area contributed by atoms with Gasteiger partial charge in [0.1, 0.15) is 0 Å². The fourth-order valence-electron chi connectivity index (χ4n) is 0. The van der Waals surface area contributed by atoms with Gasteiger partial charge in [-0.25, -0.2) is 4.79 Å². The van der Waals surface area contributed by atoms with E-state index in [-0.39, 0.29) is 137 Å². The third-order valence-electron chi connectivity index (χ3n) is 0. The van der Waals surface area contributed by atoms with Crippen molar-refractivity contribution in [2.24, 2.45) is 0 Å². The molecule has 0 saturated carbocycles. The van der Waals surface area contributed by atoms with Gasteiger partial charge in [0, 0.05) is 0 Å². The van der Waals surface area contributed by atoms with Gasteiger partial charge < -0.3 is 44.4 Å². The third kappa shape index (κ3) is 296. The summed E-state index contributed by atoms with van der Waals surface area (Å²) in [5, 5.41) is 13.9. The number of hydrogen-bond acceptors (Lipinski definition) is 3. The van der Waals surface area contributed by atoms with Gasteiger partial charge in [0.15, 0.2) is 0 Å². The van der Waals surface area contributed by atoms with E-state index in [2.05, 4.69) is 0 Å². The Morgan fingerprint density at radius 1 is 0.750 bits per heavy atom. The van der Waals surface area contributed by atoms with Gasteiger partial charge >= 0.3 is 109 Å². The average Bonchev–Trinajstić information content (AvgIpc) is 0.811. The molecule has 0 aliphatic heterocycles. The molecule has 11 heteroatoms. The molecule has 0 aromatic carbocycles. The molecule has 0 rings (SSSR count). The van der Waals surface area contributed by atoms with Crippen LogP contribution < -0.4 is 12.3 Å². The van der Waals surface area contributed by atoms with Crippen LogP contribution in [0.5, 0.6) is 0 Å². The molecule has 0 aromatic heterocycles. The molecule has 0 fully saturated rings. The zero-order valence-electron chi connectivity index (χ0n) is 5.22. The van der Waals surface area contributed by atoms with Crippen LogP contribution in [0, 0.1) is 0 Å². The Morgan fingerprint density at radius 3 is 0.750 bits per heavy atom. The summed E-state index contributed by atoms with van der Waals surface area (Å²) in [6.45, 7) is 0. The van der Waals surface area contributed by atoms with Crippen LogP contribution in [-0.2, 0) is 0 Å². The second-order valence-electron chi connectivity index (χ2n) is 0.283. The van der Waals surface area contributed by atoms with Crippen molar-refractivity contribution in [1.29, 1.82) is 0 Å². The first-order chi connectivity index (χ1) is 1.73. The second kappa shape index (κ2) is 71.6. The first kappa shape index (κ1) is 90.0. The zero-order chi connectivity index (χ0) is 3.58. The fraction of sp³-hybridized carbons (Fsp3) is 0. The zero-order valence-corrected chi connectivity index (χ0v) is 5.22. The van der Waals surface area contributed by atoms with Crippen molar-refractivity contribution >= 4 is 109 Å². The van der Waals surface area contributed by atoms with E-state index in [4.69, 9.17) is 15.0 Å². The molecule has 0 radical (unpaired) electrons. The molecule has 9 nitrogen and oxygen atoms in total. The summed E-state index contributed by atoms with van der Waals surface area (Å²) in [7, 11) is 0.